The highest BCUT2D eigenvalue weighted by Gasteiger charge is 2.17. The van der Waals surface area contributed by atoms with E-state index >= 15 is 0 Å². The first kappa shape index (κ1) is 12.6. The Morgan fingerprint density at radius 1 is 1.41 bits per heavy atom. The fraction of sp³-hybridized carbons (Fsp3) is 0.167. The monoisotopic (exact) mass is 317 g/mol. The van der Waals surface area contributed by atoms with Gasteiger partial charge in [0.05, 0.1) is 6.04 Å². The second kappa shape index (κ2) is 4.80. The Bertz CT molecular complexity index is 555. The van der Waals surface area contributed by atoms with Crippen molar-refractivity contribution in [2.45, 2.75) is 13.0 Å². The van der Waals surface area contributed by atoms with Crippen molar-refractivity contribution < 1.29 is 8.81 Å². The SMILES string of the molecule is Cc1cc(C(N)c2ccc(Br)o2)c(Cl)cc1F. The van der Waals surface area contributed by atoms with Crippen LogP contribution in [0.15, 0.2) is 33.4 Å². The van der Waals surface area contributed by atoms with Gasteiger partial charge in [-0.05, 0) is 58.2 Å². The quantitative estimate of drug-likeness (QED) is 0.901. The van der Waals surface area contributed by atoms with Crippen molar-refractivity contribution >= 4 is 27.5 Å². The molecule has 1 aromatic heterocycles. The molecule has 1 heterocycles. The third-order valence-electron chi connectivity index (χ3n) is 2.51. The predicted molar refractivity (Wildman–Crippen MR) is 68.6 cm³/mol. The molecular formula is C12H10BrClFNO. The summed E-state index contributed by atoms with van der Waals surface area (Å²) in [6.45, 7) is 1.67. The Morgan fingerprint density at radius 3 is 2.71 bits per heavy atom. The van der Waals surface area contributed by atoms with E-state index in [9.17, 15) is 4.39 Å². The minimum absolute atomic E-state index is 0.299. The Labute approximate surface area is 112 Å². The van der Waals surface area contributed by atoms with Crippen molar-refractivity contribution in [3.05, 3.63) is 56.7 Å². The van der Waals surface area contributed by atoms with Gasteiger partial charge in [-0.2, -0.15) is 0 Å². The molecule has 1 unspecified atom stereocenters. The van der Waals surface area contributed by atoms with E-state index in [1.807, 2.05) is 0 Å². The summed E-state index contributed by atoms with van der Waals surface area (Å²) < 4.78 is 19.2. The van der Waals surface area contributed by atoms with Gasteiger partial charge in [0.1, 0.15) is 11.6 Å². The molecule has 0 aliphatic heterocycles. The molecule has 0 aliphatic carbocycles. The lowest BCUT2D eigenvalue weighted by Gasteiger charge is -2.12. The molecule has 1 atom stereocenters. The number of hydrogen-bond acceptors (Lipinski definition) is 2. The lowest BCUT2D eigenvalue weighted by Crippen LogP contribution is -2.12. The molecule has 0 radical (unpaired) electrons. The summed E-state index contributed by atoms with van der Waals surface area (Å²) >= 11 is 9.18. The van der Waals surface area contributed by atoms with Crippen LogP contribution in [-0.2, 0) is 0 Å². The molecule has 2 nitrogen and oxygen atoms in total. The maximum absolute atomic E-state index is 13.3. The van der Waals surface area contributed by atoms with E-state index in [0.29, 0.717) is 26.6 Å². The van der Waals surface area contributed by atoms with Crippen molar-refractivity contribution in [2.24, 2.45) is 5.73 Å². The third kappa shape index (κ3) is 2.54. The Morgan fingerprint density at radius 2 is 2.12 bits per heavy atom. The van der Waals surface area contributed by atoms with Crippen LogP contribution in [0.3, 0.4) is 0 Å². The molecule has 2 N–H and O–H groups in total. The van der Waals surface area contributed by atoms with Crippen molar-refractivity contribution in [3.63, 3.8) is 0 Å². The van der Waals surface area contributed by atoms with Crippen LogP contribution in [0.4, 0.5) is 4.39 Å². The van der Waals surface area contributed by atoms with Crippen LogP contribution in [0.25, 0.3) is 0 Å². The van der Waals surface area contributed by atoms with E-state index in [0.717, 1.165) is 0 Å². The van der Waals surface area contributed by atoms with Gasteiger partial charge in [0.25, 0.3) is 0 Å². The van der Waals surface area contributed by atoms with Crippen molar-refractivity contribution in [1.29, 1.82) is 0 Å². The summed E-state index contributed by atoms with van der Waals surface area (Å²) in [5.41, 5.74) is 7.18. The van der Waals surface area contributed by atoms with Gasteiger partial charge in [0.2, 0.25) is 0 Å². The first-order valence-electron chi connectivity index (χ1n) is 4.95. The van der Waals surface area contributed by atoms with Crippen LogP contribution in [0.2, 0.25) is 5.02 Å². The second-order valence-electron chi connectivity index (χ2n) is 3.74. The van der Waals surface area contributed by atoms with Gasteiger partial charge in [0, 0.05) is 5.02 Å². The first-order chi connectivity index (χ1) is 7.99. The summed E-state index contributed by atoms with van der Waals surface area (Å²) in [4.78, 5) is 0. The molecule has 5 heteroatoms. The van der Waals surface area contributed by atoms with Crippen LogP contribution in [-0.4, -0.2) is 0 Å². The lowest BCUT2D eigenvalue weighted by atomic mass is 10.0. The van der Waals surface area contributed by atoms with Crippen LogP contribution in [0.5, 0.6) is 0 Å². The number of nitrogens with two attached hydrogens (primary N) is 1. The summed E-state index contributed by atoms with van der Waals surface area (Å²) in [5.74, 6) is 0.233. The zero-order valence-electron chi connectivity index (χ0n) is 9.01. The minimum Gasteiger partial charge on any atom is -0.452 e. The minimum atomic E-state index is -0.506. The lowest BCUT2D eigenvalue weighted by molar-refractivity contribution is 0.470. The average molecular weight is 319 g/mol. The zero-order chi connectivity index (χ0) is 12.6. The van der Waals surface area contributed by atoms with E-state index in [-0.39, 0.29) is 5.82 Å². The topological polar surface area (TPSA) is 39.2 Å². The molecule has 2 aromatic rings. The fourth-order valence-electron chi connectivity index (χ4n) is 1.57. The fourth-order valence-corrected chi connectivity index (χ4v) is 2.15. The van der Waals surface area contributed by atoms with Crippen molar-refractivity contribution in [1.82, 2.24) is 0 Å². The molecule has 17 heavy (non-hydrogen) atoms. The number of hydrogen-bond donors (Lipinski definition) is 1. The van der Waals surface area contributed by atoms with Crippen LogP contribution in [0.1, 0.15) is 22.9 Å². The van der Waals surface area contributed by atoms with Crippen molar-refractivity contribution in [2.75, 3.05) is 0 Å². The number of furan rings is 1. The summed E-state index contributed by atoms with van der Waals surface area (Å²) in [6, 6.07) is 5.90. The highest BCUT2D eigenvalue weighted by atomic mass is 79.9. The Balaban J connectivity index is 2.43. The van der Waals surface area contributed by atoms with Crippen LogP contribution < -0.4 is 5.73 Å². The van der Waals surface area contributed by atoms with Gasteiger partial charge in [0.15, 0.2) is 4.67 Å². The Hall–Kier alpha value is -0.840. The number of rotatable bonds is 2. The molecule has 0 spiro atoms. The van der Waals surface area contributed by atoms with Crippen LogP contribution >= 0.6 is 27.5 Å². The van der Waals surface area contributed by atoms with E-state index < -0.39 is 6.04 Å². The molecule has 90 valence electrons. The number of halogens is 3. The molecule has 0 aliphatic rings. The summed E-state index contributed by atoms with van der Waals surface area (Å²) in [7, 11) is 0. The number of aryl methyl sites for hydroxylation is 1. The highest BCUT2D eigenvalue weighted by molar-refractivity contribution is 9.10. The normalized spacial score (nSPS) is 12.8. The number of benzene rings is 1. The predicted octanol–water partition coefficient (Wildman–Crippen LogP) is 4.19. The van der Waals surface area contributed by atoms with Gasteiger partial charge in [-0.1, -0.05) is 11.6 Å². The largest absolute Gasteiger partial charge is 0.452 e. The first-order valence-corrected chi connectivity index (χ1v) is 6.12. The van der Waals surface area contributed by atoms with E-state index in [2.05, 4.69) is 15.9 Å². The third-order valence-corrected chi connectivity index (χ3v) is 3.27. The molecule has 0 saturated carbocycles. The molecule has 2 rings (SSSR count). The smallest absolute Gasteiger partial charge is 0.169 e. The van der Waals surface area contributed by atoms with Gasteiger partial charge >= 0.3 is 0 Å². The molecular weight excluding hydrogens is 308 g/mol. The van der Waals surface area contributed by atoms with Crippen molar-refractivity contribution in [3.8, 4) is 0 Å². The maximum Gasteiger partial charge on any atom is 0.169 e. The van der Waals surface area contributed by atoms with Gasteiger partial charge in [-0.3, -0.25) is 0 Å². The molecule has 0 saturated heterocycles. The van der Waals surface area contributed by atoms with E-state index in [4.69, 9.17) is 21.8 Å². The van der Waals surface area contributed by atoms with Gasteiger partial charge in [-0.15, -0.1) is 0 Å². The Kier molecular flexibility index (Phi) is 3.56. The van der Waals surface area contributed by atoms with E-state index in [1.165, 1.54) is 6.07 Å². The second-order valence-corrected chi connectivity index (χ2v) is 4.93. The standard InChI is InChI=1S/C12H10BrClFNO/c1-6-4-7(8(14)5-9(6)15)12(16)10-2-3-11(13)17-10/h2-5,12H,16H2,1H3. The highest BCUT2D eigenvalue weighted by Crippen LogP contribution is 2.30. The molecule has 0 bridgehead atoms. The summed E-state index contributed by atoms with van der Waals surface area (Å²) in [5, 5.41) is 0.299. The average Bonchev–Trinajstić information content (AvgIpc) is 2.69. The van der Waals surface area contributed by atoms with E-state index in [1.54, 1.807) is 25.1 Å². The zero-order valence-corrected chi connectivity index (χ0v) is 11.3. The van der Waals surface area contributed by atoms with Gasteiger partial charge in [-0.25, -0.2) is 4.39 Å². The molecule has 0 fully saturated rings. The van der Waals surface area contributed by atoms with Crippen LogP contribution in [0, 0.1) is 12.7 Å². The maximum atomic E-state index is 13.3. The summed E-state index contributed by atoms with van der Waals surface area (Å²) in [6.07, 6.45) is 0. The molecule has 1 aromatic carbocycles. The molecule has 0 amide bonds. The van der Waals surface area contributed by atoms with Gasteiger partial charge < -0.3 is 10.2 Å².